The second-order valence-electron chi connectivity index (χ2n) is 2.45. The van der Waals surface area contributed by atoms with Gasteiger partial charge in [0.1, 0.15) is 5.75 Å². The van der Waals surface area contributed by atoms with Gasteiger partial charge in [-0.1, -0.05) is 6.08 Å². The predicted octanol–water partition coefficient (Wildman–Crippen LogP) is 0.329. The largest absolute Gasteiger partial charge is 0.494 e. The van der Waals surface area contributed by atoms with Crippen LogP contribution in [0.5, 0.6) is 5.75 Å². The normalized spacial score (nSPS) is 13.1. The van der Waals surface area contributed by atoms with E-state index in [0.717, 1.165) is 10.4 Å². The summed E-state index contributed by atoms with van der Waals surface area (Å²) in [7, 11) is 1.61. The zero-order valence-electron chi connectivity index (χ0n) is 7.82. The molecule has 0 aliphatic rings. The number of hydrogen-bond donors (Lipinski definition) is 0. The highest BCUT2D eigenvalue weighted by Crippen LogP contribution is 1.94. The molecule has 3 heteroatoms. The quantitative estimate of drug-likeness (QED) is 0.608. The van der Waals surface area contributed by atoms with Crippen molar-refractivity contribution in [3.05, 3.63) is 22.8 Å². The summed E-state index contributed by atoms with van der Waals surface area (Å²) in [5, 5.41) is 1.90. The number of ether oxygens (including phenoxy) is 1. The Bertz CT molecular complexity index is 409. The maximum atomic E-state index is 5.14. The van der Waals surface area contributed by atoms with Crippen LogP contribution in [-0.4, -0.2) is 18.8 Å². The highest BCUT2D eigenvalue weighted by Gasteiger charge is 1.94. The van der Waals surface area contributed by atoms with Crippen LogP contribution in [-0.2, 0) is 0 Å². The van der Waals surface area contributed by atoms with Crippen molar-refractivity contribution in [2.45, 2.75) is 6.92 Å². The Morgan fingerprint density at radius 3 is 2.85 bits per heavy atom. The van der Waals surface area contributed by atoms with Crippen molar-refractivity contribution in [1.29, 1.82) is 0 Å². The van der Waals surface area contributed by atoms with E-state index in [1.165, 1.54) is 0 Å². The Labute approximate surface area is 77.1 Å². The first kappa shape index (κ1) is 9.45. The van der Waals surface area contributed by atoms with Crippen LogP contribution in [0.1, 0.15) is 6.92 Å². The third-order valence-electron chi connectivity index (χ3n) is 1.73. The molecule has 0 saturated carbocycles. The maximum Gasteiger partial charge on any atom is 0.146 e. The molecule has 0 aliphatic carbocycles. The zero-order chi connectivity index (χ0) is 9.68. The number of methoxy groups -OCH3 is 1. The van der Waals surface area contributed by atoms with Crippen LogP contribution in [0.4, 0.5) is 0 Å². The number of aromatic nitrogens is 1. The predicted molar refractivity (Wildman–Crippen MR) is 54.2 cm³/mol. The lowest BCUT2D eigenvalue weighted by Gasteiger charge is -1.99. The molecule has 0 atom stereocenters. The molecule has 68 valence electrons. The van der Waals surface area contributed by atoms with Gasteiger partial charge in [-0.15, -0.1) is 0 Å². The first-order chi connectivity index (χ1) is 6.33. The zero-order valence-corrected chi connectivity index (χ0v) is 7.82. The molecule has 0 unspecified atom stereocenters. The van der Waals surface area contributed by atoms with E-state index in [4.69, 9.17) is 4.74 Å². The summed E-state index contributed by atoms with van der Waals surface area (Å²) in [6, 6.07) is 0. The van der Waals surface area contributed by atoms with E-state index in [2.05, 4.69) is 16.7 Å². The molecule has 0 radical (unpaired) electrons. The van der Waals surface area contributed by atoms with Gasteiger partial charge in [0.2, 0.25) is 0 Å². The average Bonchev–Trinajstić information content (AvgIpc) is 2.18. The number of pyridine rings is 1. The molecule has 1 aromatic heterocycles. The summed E-state index contributed by atoms with van der Waals surface area (Å²) in [6.07, 6.45) is 7.03. The van der Waals surface area contributed by atoms with Gasteiger partial charge in [0, 0.05) is 22.8 Å². The van der Waals surface area contributed by atoms with Crippen LogP contribution >= 0.6 is 0 Å². The fraction of sp³-hybridized carbons (Fsp3) is 0.200. The van der Waals surface area contributed by atoms with Gasteiger partial charge >= 0.3 is 0 Å². The summed E-state index contributed by atoms with van der Waals surface area (Å²) >= 11 is 0. The first-order valence-electron chi connectivity index (χ1n) is 3.94. The Hall–Kier alpha value is -1.64. The van der Waals surface area contributed by atoms with Crippen LogP contribution in [0.15, 0.2) is 17.4 Å². The molecule has 0 bridgehead atoms. The average molecular weight is 176 g/mol. The van der Waals surface area contributed by atoms with Crippen molar-refractivity contribution in [2.75, 3.05) is 7.11 Å². The smallest absolute Gasteiger partial charge is 0.146 e. The molecule has 0 N–H and O–H groups in total. The monoisotopic (exact) mass is 176 g/mol. The molecule has 0 aromatic carbocycles. The molecular formula is C10H12N2O. The molecule has 1 rings (SSSR count). The molecule has 0 amide bonds. The van der Waals surface area contributed by atoms with Crippen LogP contribution < -0.4 is 15.2 Å². The minimum Gasteiger partial charge on any atom is -0.494 e. The Balaban J connectivity index is 3.58. The van der Waals surface area contributed by atoms with Crippen LogP contribution in [0.25, 0.3) is 12.3 Å². The number of hydrogen-bond acceptors (Lipinski definition) is 3. The van der Waals surface area contributed by atoms with Gasteiger partial charge in [-0.2, -0.15) is 0 Å². The van der Waals surface area contributed by atoms with Crippen molar-refractivity contribution in [3.63, 3.8) is 0 Å². The van der Waals surface area contributed by atoms with Crippen LogP contribution in [0.2, 0.25) is 0 Å². The minimum atomic E-state index is 0.711. The minimum absolute atomic E-state index is 0.711. The van der Waals surface area contributed by atoms with Gasteiger partial charge in [0.05, 0.1) is 13.3 Å². The molecule has 0 fully saturated rings. The highest BCUT2D eigenvalue weighted by molar-refractivity contribution is 5.41. The Kier molecular flexibility index (Phi) is 3.20. The third kappa shape index (κ3) is 1.93. The SMILES string of the molecule is C=N/C=c1/c(OC)cnc/c1=C/C. The first-order valence-corrected chi connectivity index (χ1v) is 3.94. The summed E-state index contributed by atoms with van der Waals surface area (Å²) in [6.45, 7) is 5.35. The van der Waals surface area contributed by atoms with Crippen LogP contribution in [0, 0.1) is 0 Å². The van der Waals surface area contributed by atoms with Crippen molar-refractivity contribution < 1.29 is 4.74 Å². The second kappa shape index (κ2) is 4.40. The fourth-order valence-electron chi connectivity index (χ4n) is 1.09. The van der Waals surface area contributed by atoms with E-state index < -0.39 is 0 Å². The summed E-state index contributed by atoms with van der Waals surface area (Å²) < 4.78 is 5.14. The molecule has 3 nitrogen and oxygen atoms in total. The van der Waals surface area contributed by atoms with Crippen molar-refractivity contribution in [1.82, 2.24) is 4.98 Å². The van der Waals surface area contributed by atoms with E-state index in [9.17, 15) is 0 Å². The van der Waals surface area contributed by atoms with E-state index in [-0.39, 0.29) is 0 Å². The highest BCUT2D eigenvalue weighted by atomic mass is 16.5. The van der Waals surface area contributed by atoms with Gasteiger partial charge < -0.3 is 4.74 Å². The van der Waals surface area contributed by atoms with Crippen molar-refractivity contribution in [3.8, 4) is 5.75 Å². The molecule has 0 saturated heterocycles. The van der Waals surface area contributed by atoms with E-state index in [0.29, 0.717) is 5.75 Å². The van der Waals surface area contributed by atoms with Gasteiger partial charge in [-0.3, -0.25) is 9.98 Å². The number of rotatable bonds is 2. The lowest BCUT2D eigenvalue weighted by Crippen LogP contribution is -2.26. The van der Waals surface area contributed by atoms with Crippen molar-refractivity contribution >= 4 is 19.0 Å². The lowest BCUT2D eigenvalue weighted by atomic mass is 10.3. The molecule has 0 spiro atoms. The lowest BCUT2D eigenvalue weighted by molar-refractivity contribution is 0.409. The second-order valence-corrected chi connectivity index (χ2v) is 2.45. The summed E-state index contributed by atoms with van der Waals surface area (Å²) in [5.41, 5.74) is 0. The Morgan fingerprint density at radius 2 is 2.31 bits per heavy atom. The van der Waals surface area contributed by atoms with E-state index >= 15 is 0 Å². The molecular weight excluding hydrogens is 164 g/mol. The van der Waals surface area contributed by atoms with Gasteiger partial charge in [0.25, 0.3) is 0 Å². The topological polar surface area (TPSA) is 34.5 Å². The summed E-state index contributed by atoms with van der Waals surface area (Å²) in [4.78, 5) is 7.75. The van der Waals surface area contributed by atoms with Crippen molar-refractivity contribution in [2.24, 2.45) is 4.99 Å². The van der Waals surface area contributed by atoms with Gasteiger partial charge in [-0.25, -0.2) is 0 Å². The van der Waals surface area contributed by atoms with E-state index in [1.54, 1.807) is 25.7 Å². The Morgan fingerprint density at radius 1 is 1.54 bits per heavy atom. The fourth-order valence-corrected chi connectivity index (χ4v) is 1.09. The van der Waals surface area contributed by atoms with E-state index in [1.807, 2.05) is 13.0 Å². The standard InChI is InChI=1S/C10H12N2O/c1-4-8-5-12-7-10(13-3)9(8)6-11-2/h4-7H,2H2,1,3H3/b8-4-,9-6+. The van der Waals surface area contributed by atoms with Crippen LogP contribution in [0.3, 0.4) is 0 Å². The molecule has 1 aromatic rings. The molecule has 13 heavy (non-hydrogen) atoms. The molecule has 0 aliphatic heterocycles. The van der Waals surface area contributed by atoms with Gasteiger partial charge in [0.15, 0.2) is 0 Å². The number of aliphatic imine (C=N–C) groups is 1. The maximum absolute atomic E-state index is 5.14. The number of nitrogens with zero attached hydrogens (tertiary/aromatic N) is 2. The summed E-state index contributed by atoms with van der Waals surface area (Å²) in [5.74, 6) is 0.711. The third-order valence-corrected chi connectivity index (χ3v) is 1.73. The molecule has 1 heterocycles. The van der Waals surface area contributed by atoms with Gasteiger partial charge in [-0.05, 0) is 13.6 Å².